The summed E-state index contributed by atoms with van der Waals surface area (Å²) >= 11 is 9.32. The number of hydrogen-bond acceptors (Lipinski definition) is 7. The summed E-state index contributed by atoms with van der Waals surface area (Å²) in [6, 6.07) is 1.30. The Labute approximate surface area is 196 Å². The Bertz CT molecular complexity index is 1000. The van der Waals surface area contributed by atoms with E-state index < -0.39 is 17.8 Å². The van der Waals surface area contributed by atoms with E-state index in [0.717, 1.165) is 6.42 Å². The van der Waals surface area contributed by atoms with Gasteiger partial charge in [-0.25, -0.2) is 13.2 Å². The van der Waals surface area contributed by atoms with Crippen LogP contribution >= 0.6 is 27.5 Å². The molecule has 2 aliphatic rings. The lowest BCUT2D eigenvalue weighted by atomic mass is 10.0. The van der Waals surface area contributed by atoms with Crippen molar-refractivity contribution in [3.63, 3.8) is 0 Å². The number of halogens is 5. The van der Waals surface area contributed by atoms with Gasteiger partial charge in [-0.3, -0.25) is 4.90 Å². The van der Waals surface area contributed by atoms with Crippen LogP contribution in [0.3, 0.4) is 0 Å². The molecule has 0 bridgehead atoms. The maximum absolute atomic E-state index is 15.0. The summed E-state index contributed by atoms with van der Waals surface area (Å²) in [5, 5.41) is 11.1. The lowest BCUT2D eigenvalue weighted by Gasteiger charge is -2.40. The first kappa shape index (κ1) is 23.7. The van der Waals surface area contributed by atoms with Gasteiger partial charge >= 0.3 is 6.01 Å². The van der Waals surface area contributed by atoms with Gasteiger partial charge < -0.3 is 19.5 Å². The molecule has 176 valence electrons. The number of fused-ring (bicyclic) bond motifs is 1. The first-order valence-electron chi connectivity index (χ1n) is 10.2. The molecule has 0 amide bonds. The Kier molecular flexibility index (Phi) is 7.02. The fourth-order valence-corrected chi connectivity index (χ4v) is 4.39. The molecule has 2 fully saturated rings. The van der Waals surface area contributed by atoms with Crippen molar-refractivity contribution in [1.82, 2.24) is 14.9 Å². The van der Waals surface area contributed by atoms with E-state index >= 15 is 4.39 Å². The van der Waals surface area contributed by atoms with Gasteiger partial charge in [-0.2, -0.15) is 9.97 Å². The van der Waals surface area contributed by atoms with E-state index in [1.807, 2.05) is 0 Å². The number of ether oxygens (including phenoxy) is 2. The first-order chi connectivity index (χ1) is 15.1. The number of benzene rings is 1. The zero-order valence-electron chi connectivity index (χ0n) is 17.3. The van der Waals surface area contributed by atoms with Crippen molar-refractivity contribution < 1.29 is 27.8 Å². The second kappa shape index (κ2) is 9.46. The number of aromatic nitrogens is 2. The fraction of sp³-hybridized carbons (Fsp3) is 0.600. The summed E-state index contributed by atoms with van der Waals surface area (Å²) in [5.41, 5.74) is -1.14. The lowest BCUT2D eigenvalue weighted by molar-refractivity contribution is -0.0123. The molecule has 2 atom stereocenters. The molecule has 32 heavy (non-hydrogen) atoms. The highest BCUT2D eigenvalue weighted by atomic mass is 79.9. The smallest absolute Gasteiger partial charge is 0.319 e. The van der Waals surface area contributed by atoms with Crippen LogP contribution in [-0.4, -0.2) is 84.0 Å². The van der Waals surface area contributed by atoms with Crippen molar-refractivity contribution in [2.75, 3.05) is 50.9 Å². The standard InChI is InChI=1S/C20H23BrClF3N4O3/c1-20(30)9-29(4-5-31-10-20)18-12-6-13(22)15(21)16(25)17(12)26-19(27-18)32-8-11-2-3-28(11)7-14(23)24/h6,11,14,30H,2-5,7-10H2,1H3/t11-,20?/m0/s1. The Morgan fingerprint density at radius 3 is 2.88 bits per heavy atom. The molecule has 2 aliphatic heterocycles. The molecule has 12 heteroatoms. The molecule has 7 nitrogen and oxygen atoms in total. The average molecular weight is 540 g/mol. The minimum atomic E-state index is -2.42. The third kappa shape index (κ3) is 5.06. The number of rotatable bonds is 6. The minimum Gasteiger partial charge on any atom is -0.462 e. The van der Waals surface area contributed by atoms with Crippen LogP contribution in [-0.2, 0) is 4.74 Å². The highest BCUT2D eigenvalue weighted by Crippen LogP contribution is 2.37. The topological polar surface area (TPSA) is 71.0 Å². The highest BCUT2D eigenvalue weighted by Gasteiger charge is 2.32. The molecule has 1 aromatic carbocycles. The maximum atomic E-state index is 15.0. The molecule has 2 saturated heterocycles. The summed E-state index contributed by atoms with van der Waals surface area (Å²) in [4.78, 5) is 12.1. The normalized spacial score (nSPS) is 24.6. The van der Waals surface area contributed by atoms with Crippen LogP contribution in [0.2, 0.25) is 5.02 Å². The monoisotopic (exact) mass is 538 g/mol. The predicted molar refractivity (Wildman–Crippen MR) is 117 cm³/mol. The summed E-state index contributed by atoms with van der Waals surface area (Å²) < 4.78 is 51.7. The Hall–Kier alpha value is -1.40. The van der Waals surface area contributed by atoms with E-state index in [1.165, 1.54) is 0 Å². The Balaban J connectivity index is 1.68. The number of anilines is 1. The van der Waals surface area contributed by atoms with E-state index in [1.54, 1.807) is 22.8 Å². The number of likely N-dealkylation sites (tertiary alicyclic amines) is 1. The van der Waals surface area contributed by atoms with Crippen molar-refractivity contribution in [2.24, 2.45) is 0 Å². The number of β-amino-alcohol motifs (C(OH)–C–C–N with tert-alkyl or cyclic N) is 1. The molecule has 2 aromatic rings. The van der Waals surface area contributed by atoms with E-state index in [4.69, 9.17) is 21.1 Å². The van der Waals surface area contributed by atoms with Crippen molar-refractivity contribution in [2.45, 2.75) is 31.4 Å². The molecule has 1 N–H and O–H groups in total. The highest BCUT2D eigenvalue weighted by molar-refractivity contribution is 9.10. The van der Waals surface area contributed by atoms with Gasteiger partial charge in [0.05, 0.1) is 35.8 Å². The van der Waals surface area contributed by atoms with Crippen molar-refractivity contribution >= 4 is 44.3 Å². The summed E-state index contributed by atoms with van der Waals surface area (Å²) in [5.74, 6) is -0.316. The summed E-state index contributed by atoms with van der Waals surface area (Å²) in [6.07, 6.45) is -1.70. The van der Waals surface area contributed by atoms with Crippen LogP contribution in [0, 0.1) is 5.82 Å². The van der Waals surface area contributed by atoms with Crippen LogP contribution in [0.25, 0.3) is 10.9 Å². The maximum Gasteiger partial charge on any atom is 0.319 e. The van der Waals surface area contributed by atoms with Crippen molar-refractivity contribution in [3.8, 4) is 6.01 Å². The summed E-state index contributed by atoms with van der Waals surface area (Å²) in [7, 11) is 0. The van der Waals surface area contributed by atoms with Gasteiger partial charge in [0.1, 0.15) is 23.5 Å². The average Bonchev–Trinajstić information content (AvgIpc) is 2.90. The Morgan fingerprint density at radius 1 is 1.41 bits per heavy atom. The number of aliphatic hydroxyl groups is 1. The van der Waals surface area contributed by atoms with Gasteiger partial charge in [0.25, 0.3) is 6.43 Å². The SMILES string of the molecule is CC1(O)COCCN(c2nc(OC[C@@H]3CCN3CC(F)F)nc3c(F)c(Br)c(Cl)cc23)C1. The van der Waals surface area contributed by atoms with Crippen LogP contribution < -0.4 is 9.64 Å². The largest absolute Gasteiger partial charge is 0.462 e. The predicted octanol–water partition coefficient (Wildman–Crippen LogP) is 3.49. The van der Waals surface area contributed by atoms with Crippen molar-refractivity contribution in [3.05, 3.63) is 21.4 Å². The number of nitrogens with zero attached hydrogens (tertiary/aromatic N) is 4. The van der Waals surface area contributed by atoms with Gasteiger partial charge in [0.2, 0.25) is 0 Å². The van der Waals surface area contributed by atoms with Crippen LogP contribution in [0.5, 0.6) is 6.01 Å². The van der Waals surface area contributed by atoms with Gasteiger partial charge in [0.15, 0.2) is 5.82 Å². The molecule has 0 aliphatic carbocycles. The molecule has 3 heterocycles. The zero-order valence-corrected chi connectivity index (χ0v) is 19.7. The number of hydrogen-bond donors (Lipinski definition) is 1. The van der Waals surface area contributed by atoms with Gasteiger partial charge in [-0.15, -0.1) is 0 Å². The first-order valence-corrected chi connectivity index (χ1v) is 11.4. The molecule has 0 saturated carbocycles. The fourth-order valence-electron chi connectivity index (χ4n) is 3.90. The van der Waals surface area contributed by atoms with Crippen LogP contribution in [0.4, 0.5) is 19.0 Å². The second-order valence-electron chi connectivity index (χ2n) is 8.32. The minimum absolute atomic E-state index is 0.00382. The van der Waals surface area contributed by atoms with Crippen LogP contribution in [0.1, 0.15) is 13.3 Å². The molecule has 0 spiro atoms. The zero-order chi connectivity index (χ0) is 23.0. The molecule has 1 unspecified atom stereocenters. The molecule has 0 radical (unpaired) electrons. The van der Waals surface area contributed by atoms with E-state index in [-0.39, 0.29) is 53.4 Å². The van der Waals surface area contributed by atoms with Gasteiger partial charge in [-0.1, -0.05) is 11.6 Å². The molecular weight excluding hydrogens is 517 g/mol. The quantitative estimate of drug-likeness (QED) is 0.564. The van der Waals surface area contributed by atoms with Gasteiger partial charge in [-0.05, 0) is 35.3 Å². The van der Waals surface area contributed by atoms with E-state index in [2.05, 4.69) is 25.9 Å². The molecule has 4 rings (SSSR count). The van der Waals surface area contributed by atoms with Gasteiger partial charge in [0, 0.05) is 24.5 Å². The second-order valence-corrected chi connectivity index (χ2v) is 9.52. The van der Waals surface area contributed by atoms with Crippen LogP contribution in [0.15, 0.2) is 10.5 Å². The molecule has 1 aromatic heterocycles. The third-order valence-corrected chi connectivity index (χ3v) is 6.88. The van der Waals surface area contributed by atoms with E-state index in [0.29, 0.717) is 30.9 Å². The lowest BCUT2D eigenvalue weighted by Crippen LogP contribution is -2.52. The Morgan fingerprint density at radius 2 is 2.19 bits per heavy atom. The number of alkyl halides is 2. The third-order valence-electron chi connectivity index (χ3n) is 5.58. The molecular formula is C20H23BrClF3N4O3. The van der Waals surface area contributed by atoms with Crippen molar-refractivity contribution in [1.29, 1.82) is 0 Å². The van der Waals surface area contributed by atoms with E-state index in [9.17, 15) is 13.9 Å². The summed E-state index contributed by atoms with van der Waals surface area (Å²) in [6.45, 7) is 3.10.